The molecule has 2 N–H and O–H groups in total. The van der Waals surface area contributed by atoms with Crippen molar-refractivity contribution in [3.8, 4) is 0 Å². The number of rotatable bonds is 4. The van der Waals surface area contributed by atoms with E-state index in [4.69, 9.17) is 5.73 Å². The third kappa shape index (κ3) is 4.73. The highest BCUT2D eigenvalue weighted by Gasteiger charge is 2.18. The predicted octanol–water partition coefficient (Wildman–Crippen LogP) is 1.94. The van der Waals surface area contributed by atoms with Gasteiger partial charge in [-0.25, -0.2) is 4.98 Å². The molecular weight excluding hydrogens is 311 g/mol. The lowest BCUT2D eigenvalue weighted by atomic mass is 10.2. The Morgan fingerprint density at radius 2 is 2.00 bits per heavy atom. The first-order valence-electron chi connectivity index (χ1n) is 6.81. The van der Waals surface area contributed by atoms with Gasteiger partial charge in [0.15, 0.2) is 0 Å². The molecule has 0 aliphatic carbocycles. The summed E-state index contributed by atoms with van der Waals surface area (Å²) in [6.45, 7) is 4.51. The number of nitrogens with zero attached hydrogens (tertiary/aromatic N) is 3. The first-order valence-corrected chi connectivity index (χ1v) is 6.81. The van der Waals surface area contributed by atoms with Gasteiger partial charge in [-0.2, -0.15) is 0 Å². The molecule has 120 valence electrons. The topological polar surface area (TPSA) is 62.5 Å². The van der Waals surface area contributed by atoms with Gasteiger partial charge in [-0.1, -0.05) is 0 Å². The van der Waals surface area contributed by atoms with Crippen molar-refractivity contribution in [1.82, 2.24) is 9.88 Å². The van der Waals surface area contributed by atoms with E-state index in [0.29, 0.717) is 12.1 Å². The zero-order valence-corrected chi connectivity index (χ0v) is 14.1. The fraction of sp³-hybridized carbons (Fsp3) is 0.571. The van der Waals surface area contributed by atoms with E-state index < -0.39 is 0 Å². The number of halogens is 2. The summed E-state index contributed by atoms with van der Waals surface area (Å²) in [6.07, 6.45) is 4.11. The van der Waals surface area contributed by atoms with Crippen LogP contribution in [0.3, 0.4) is 0 Å². The third-order valence-corrected chi connectivity index (χ3v) is 3.75. The molecule has 1 unspecified atom stereocenters. The minimum absolute atomic E-state index is 0. The van der Waals surface area contributed by atoms with E-state index >= 15 is 0 Å². The van der Waals surface area contributed by atoms with Crippen LogP contribution >= 0.6 is 24.8 Å². The lowest BCUT2D eigenvalue weighted by Gasteiger charge is -2.24. The molecule has 0 radical (unpaired) electrons. The summed E-state index contributed by atoms with van der Waals surface area (Å²) in [7, 11) is 1.77. The van der Waals surface area contributed by atoms with Crippen LogP contribution in [0.25, 0.3) is 0 Å². The number of amides is 1. The van der Waals surface area contributed by atoms with Crippen LogP contribution in [0.15, 0.2) is 18.3 Å². The van der Waals surface area contributed by atoms with Crippen molar-refractivity contribution in [2.75, 3.05) is 31.6 Å². The molecule has 1 atom stereocenters. The maximum absolute atomic E-state index is 12.2. The largest absolute Gasteiger partial charge is 0.357 e. The Balaban J connectivity index is 0.00000200. The van der Waals surface area contributed by atoms with Crippen molar-refractivity contribution in [2.24, 2.45) is 5.73 Å². The number of anilines is 1. The van der Waals surface area contributed by atoms with Gasteiger partial charge >= 0.3 is 0 Å². The van der Waals surface area contributed by atoms with Crippen LogP contribution in [-0.4, -0.2) is 48.5 Å². The summed E-state index contributed by atoms with van der Waals surface area (Å²) in [6, 6.07) is 3.81. The molecule has 7 heteroatoms. The number of hydrogen-bond acceptors (Lipinski definition) is 4. The highest BCUT2D eigenvalue weighted by atomic mass is 35.5. The maximum Gasteiger partial charge on any atom is 0.255 e. The number of carbonyl (C=O) groups is 1. The second-order valence-corrected chi connectivity index (χ2v) is 5.10. The van der Waals surface area contributed by atoms with E-state index in [1.165, 1.54) is 12.8 Å². The van der Waals surface area contributed by atoms with E-state index in [9.17, 15) is 4.79 Å². The molecule has 1 fully saturated rings. The number of carbonyl (C=O) groups excluding carboxylic acids is 1. The molecule has 1 saturated heterocycles. The number of aromatic nitrogens is 1. The monoisotopic (exact) mass is 334 g/mol. The summed E-state index contributed by atoms with van der Waals surface area (Å²) in [5.74, 6) is 0.932. The zero-order valence-electron chi connectivity index (χ0n) is 12.5. The molecule has 1 aromatic heterocycles. The molecule has 2 heterocycles. The molecule has 0 bridgehead atoms. The average Bonchev–Trinajstić information content (AvgIpc) is 2.99. The van der Waals surface area contributed by atoms with Crippen molar-refractivity contribution >= 4 is 36.5 Å². The van der Waals surface area contributed by atoms with Gasteiger partial charge in [0.25, 0.3) is 5.91 Å². The summed E-state index contributed by atoms with van der Waals surface area (Å²) < 4.78 is 0. The maximum atomic E-state index is 12.2. The molecule has 1 amide bonds. The number of nitrogens with two attached hydrogens (primary N) is 1. The molecule has 2 rings (SSSR count). The van der Waals surface area contributed by atoms with Crippen LogP contribution in [0.1, 0.15) is 30.1 Å². The minimum atomic E-state index is -0.0292. The van der Waals surface area contributed by atoms with E-state index in [-0.39, 0.29) is 36.8 Å². The summed E-state index contributed by atoms with van der Waals surface area (Å²) >= 11 is 0. The highest BCUT2D eigenvalue weighted by molar-refractivity contribution is 5.94. The second kappa shape index (κ2) is 9.07. The van der Waals surface area contributed by atoms with Gasteiger partial charge < -0.3 is 15.5 Å². The van der Waals surface area contributed by atoms with Gasteiger partial charge in [-0.15, -0.1) is 24.8 Å². The molecule has 1 aromatic rings. The lowest BCUT2D eigenvalue weighted by molar-refractivity contribution is 0.0748. The average molecular weight is 335 g/mol. The van der Waals surface area contributed by atoms with Crippen molar-refractivity contribution in [3.05, 3.63) is 23.9 Å². The molecule has 0 aromatic carbocycles. The van der Waals surface area contributed by atoms with Crippen molar-refractivity contribution in [1.29, 1.82) is 0 Å². The molecule has 0 spiro atoms. The Kier molecular flexibility index (Phi) is 8.63. The van der Waals surface area contributed by atoms with Crippen LogP contribution < -0.4 is 10.6 Å². The van der Waals surface area contributed by atoms with Crippen LogP contribution in [-0.2, 0) is 0 Å². The van der Waals surface area contributed by atoms with Crippen LogP contribution in [0, 0.1) is 0 Å². The second-order valence-electron chi connectivity index (χ2n) is 5.10. The third-order valence-electron chi connectivity index (χ3n) is 3.75. The van der Waals surface area contributed by atoms with Crippen LogP contribution in [0.5, 0.6) is 0 Å². The first kappa shape index (κ1) is 20.0. The van der Waals surface area contributed by atoms with E-state index in [1.54, 1.807) is 18.1 Å². The standard InChI is InChI=1S/C14H22N4O.2ClH/c1-11(9-15)17(2)14(19)12-5-6-13(16-10-12)18-7-3-4-8-18;;/h5-6,10-11H,3-4,7-9,15H2,1-2H3;2*1H. The molecule has 0 saturated carbocycles. The molecular formula is C14H24Cl2N4O. The normalized spacial score (nSPS) is 14.9. The summed E-state index contributed by atoms with van der Waals surface area (Å²) in [4.78, 5) is 20.5. The Morgan fingerprint density at radius 3 is 2.48 bits per heavy atom. The van der Waals surface area contributed by atoms with Crippen molar-refractivity contribution < 1.29 is 4.79 Å². The summed E-state index contributed by atoms with van der Waals surface area (Å²) in [5.41, 5.74) is 6.20. The first-order chi connectivity index (χ1) is 9.13. The van der Waals surface area contributed by atoms with Crippen LogP contribution in [0.2, 0.25) is 0 Å². The molecule has 1 aliphatic rings. The van der Waals surface area contributed by atoms with E-state index in [2.05, 4.69) is 9.88 Å². The fourth-order valence-electron chi connectivity index (χ4n) is 2.21. The van der Waals surface area contributed by atoms with Gasteiger partial charge in [0, 0.05) is 38.9 Å². The minimum Gasteiger partial charge on any atom is -0.357 e. The van der Waals surface area contributed by atoms with E-state index in [0.717, 1.165) is 18.9 Å². The molecule has 21 heavy (non-hydrogen) atoms. The number of pyridine rings is 1. The quantitative estimate of drug-likeness (QED) is 0.913. The van der Waals surface area contributed by atoms with Gasteiger partial charge in [0.05, 0.1) is 5.56 Å². The Morgan fingerprint density at radius 1 is 1.38 bits per heavy atom. The van der Waals surface area contributed by atoms with Crippen LogP contribution in [0.4, 0.5) is 5.82 Å². The lowest BCUT2D eigenvalue weighted by Crippen LogP contribution is -2.39. The van der Waals surface area contributed by atoms with Crippen molar-refractivity contribution in [3.63, 3.8) is 0 Å². The van der Waals surface area contributed by atoms with Gasteiger partial charge in [-0.3, -0.25) is 4.79 Å². The number of likely N-dealkylation sites (N-methyl/N-ethyl adjacent to an activating group) is 1. The van der Waals surface area contributed by atoms with Gasteiger partial charge in [-0.05, 0) is 31.9 Å². The zero-order chi connectivity index (χ0) is 13.8. The Hall–Kier alpha value is -1.04. The van der Waals surface area contributed by atoms with E-state index in [1.807, 2.05) is 19.1 Å². The smallest absolute Gasteiger partial charge is 0.255 e. The predicted molar refractivity (Wildman–Crippen MR) is 90.8 cm³/mol. The molecule has 5 nitrogen and oxygen atoms in total. The number of hydrogen-bond donors (Lipinski definition) is 1. The Bertz CT molecular complexity index is 435. The van der Waals surface area contributed by atoms with Gasteiger partial charge in [0.2, 0.25) is 0 Å². The highest BCUT2D eigenvalue weighted by Crippen LogP contribution is 2.18. The van der Waals surface area contributed by atoms with Gasteiger partial charge in [0.1, 0.15) is 5.82 Å². The van der Waals surface area contributed by atoms with Crippen molar-refractivity contribution in [2.45, 2.75) is 25.8 Å². The fourth-order valence-corrected chi connectivity index (χ4v) is 2.21. The Labute approximate surface area is 138 Å². The SMILES string of the molecule is CC(CN)N(C)C(=O)c1ccc(N2CCCC2)nc1.Cl.Cl. The molecule has 1 aliphatic heterocycles. The summed E-state index contributed by atoms with van der Waals surface area (Å²) in [5, 5.41) is 0.